The van der Waals surface area contributed by atoms with E-state index in [2.05, 4.69) is 6.92 Å². The molecular formula is C3H7FPt. The van der Waals surface area contributed by atoms with Gasteiger partial charge in [0.15, 0.2) is 0 Å². The molecule has 2 heteroatoms. The van der Waals surface area contributed by atoms with Gasteiger partial charge in [0.25, 0.3) is 0 Å². The van der Waals surface area contributed by atoms with Crippen LogP contribution in [0.15, 0.2) is 0 Å². The van der Waals surface area contributed by atoms with Gasteiger partial charge in [-0.1, -0.05) is 6.92 Å². The number of hydrogen-bond acceptors (Lipinski definition) is 0. The van der Waals surface area contributed by atoms with Gasteiger partial charge in [0.2, 0.25) is 0 Å². The summed E-state index contributed by atoms with van der Waals surface area (Å²) in [5.41, 5.74) is 0. The fraction of sp³-hybridized carbons (Fsp3) is 0.667. The predicted molar refractivity (Wildman–Crippen MR) is 16.8 cm³/mol. The van der Waals surface area contributed by atoms with Gasteiger partial charge in [0.1, 0.15) is 0 Å². The second kappa shape index (κ2) is 23.1. The first kappa shape index (κ1) is 9.15. The van der Waals surface area contributed by atoms with Crippen LogP contribution in [-0.4, -0.2) is 0 Å². The first-order valence-corrected chi connectivity index (χ1v) is 2.19. The molecule has 0 saturated heterocycles. The molecule has 0 saturated carbocycles. The summed E-state index contributed by atoms with van der Waals surface area (Å²) < 4.78 is 9.47. The van der Waals surface area contributed by atoms with E-state index in [9.17, 15) is 3.16 Å². The standard InChI is InChI=1S/C3H7.FH.Pt/c1-3-2;;/h1,3H2,2H3;1H;/q-1;;+2/p-1. The summed E-state index contributed by atoms with van der Waals surface area (Å²) >= 11 is 0.639. The van der Waals surface area contributed by atoms with Crippen LogP contribution in [0, 0.1) is 6.92 Å². The van der Waals surface area contributed by atoms with Gasteiger partial charge in [-0.2, -0.15) is 6.42 Å². The van der Waals surface area contributed by atoms with Crippen LogP contribution in [0.4, 0.5) is 3.16 Å². The average Bonchev–Trinajstić information content (AvgIpc) is 1.46. The fourth-order valence-electron chi connectivity index (χ4n) is 0. The van der Waals surface area contributed by atoms with Crippen molar-refractivity contribution >= 4 is 0 Å². The maximum absolute atomic E-state index is 9.47. The number of halogens is 1. The van der Waals surface area contributed by atoms with Crippen LogP contribution in [0.5, 0.6) is 0 Å². The molecule has 0 aliphatic heterocycles. The topological polar surface area (TPSA) is 0 Å². The molecule has 0 aromatic carbocycles. The van der Waals surface area contributed by atoms with E-state index in [0.717, 1.165) is 6.42 Å². The van der Waals surface area contributed by atoms with Crippen molar-refractivity contribution in [2.45, 2.75) is 13.3 Å². The molecule has 5 heavy (non-hydrogen) atoms. The van der Waals surface area contributed by atoms with Crippen LogP contribution in [-0.2, 0) is 20.3 Å². The second-order valence-electron chi connectivity index (χ2n) is 0.500. The molecule has 0 nitrogen and oxygen atoms in total. The molecule has 0 fully saturated rings. The minimum atomic E-state index is 0.639. The maximum atomic E-state index is 9.47. The molecule has 0 bridgehead atoms. The normalized spacial score (nSPS) is 5.00. The molecule has 0 rings (SSSR count). The van der Waals surface area contributed by atoms with Crippen LogP contribution in [0.2, 0.25) is 0 Å². The van der Waals surface area contributed by atoms with E-state index in [1.807, 2.05) is 6.92 Å². The summed E-state index contributed by atoms with van der Waals surface area (Å²) in [6.07, 6.45) is 1.00. The molecule has 0 aromatic rings. The molecular weight excluding hydrogens is 250 g/mol. The Kier molecular flexibility index (Phi) is 42.3. The van der Waals surface area contributed by atoms with Crippen LogP contribution >= 0.6 is 0 Å². The monoisotopic (exact) mass is 257 g/mol. The van der Waals surface area contributed by atoms with Gasteiger partial charge in [-0.3, -0.25) is 0 Å². The summed E-state index contributed by atoms with van der Waals surface area (Å²) in [5, 5.41) is 0. The Balaban J connectivity index is 0. The van der Waals surface area contributed by atoms with Crippen molar-refractivity contribution in [3.63, 3.8) is 0 Å². The Morgan fingerprint density at radius 3 is 1.80 bits per heavy atom. The van der Waals surface area contributed by atoms with Gasteiger partial charge >= 0.3 is 23.5 Å². The van der Waals surface area contributed by atoms with E-state index in [0.29, 0.717) is 20.3 Å². The third kappa shape index (κ3) is 82.8. The van der Waals surface area contributed by atoms with Crippen LogP contribution in [0.3, 0.4) is 0 Å². The van der Waals surface area contributed by atoms with Crippen molar-refractivity contribution in [3.05, 3.63) is 6.92 Å². The molecule has 0 atom stereocenters. The summed E-state index contributed by atoms with van der Waals surface area (Å²) in [6, 6.07) is 0. The van der Waals surface area contributed by atoms with Gasteiger partial charge in [0, 0.05) is 0 Å². The second-order valence-corrected chi connectivity index (χ2v) is 0.500. The number of hydrogen-bond donors (Lipinski definition) is 0. The summed E-state index contributed by atoms with van der Waals surface area (Å²) in [5.74, 6) is 0. The van der Waals surface area contributed by atoms with E-state index in [1.54, 1.807) is 0 Å². The Morgan fingerprint density at radius 2 is 1.80 bits per heavy atom. The Hall–Kier alpha value is 0.618. The van der Waals surface area contributed by atoms with Gasteiger partial charge in [0.05, 0.1) is 0 Å². The van der Waals surface area contributed by atoms with Crippen molar-refractivity contribution in [1.29, 1.82) is 0 Å². The van der Waals surface area contributed by atoms with E-state index < -0.39 is 0 Å². The van der Waals surface area contributed by atoms with Crippen LogP contribution in [0.1, 0.15) is 13.3 Å². The Morgan fingerprint density at radius 1 is 1.80 bits per heavy atom. The average molecular weight is 257 g/mol. The zero-order chi connectivity index (χ0) is 4.71. The van der Waals surface area contributed by atoms with Gasteiger partial charge in [-0.05, 0) is 0 Å². The van der Waals surface area contributed by atoms with Crippen molar-refractivity contribution in [2.24, 2.45) is 0 Å². The first-order valence-electron chi connectivity index (χ1n) is 1.33. The van der Waals surface area contributed by atoms with E-state index in [1.165, 1.54) is 0 Å². The summed E-state index contributed by atoms with van der Waals surface area (Å²) in [4.78, 5) is 0. The molecule has 0 unspecified atom stereocenters. The van der Waals surface area contributed by atoms with Gasteiger partial charge < -0.3 is 6.92 Å². The third-order valence-corrected chi connectivity index (χ3v) is 0. The quantitative estimate of drug-likeness (QED) is 0.579. The van der Waals surface area contributed by atoms with Crippen molar-refractivity contribution in [2.75, 3.05) is 0 Å². The zero-order valence-corrected chi connectivity index (χ0v) is 5.38. The Labute approximate surface area is 44.3 Å². The molecule has 0 N–H and O–H groups in total. The van der Waals surface area contributed by atoms with Crippen molar-refractivity contribution < 1.29 is 23.5 Å². The van der Waals surface area contributed by atoms with Gasteiger partial charge in [-0.15, -0.1) is 0 Å². The minimum absolute atomic E-state index is 0.639. The molecule has 0 aromatic heterocycles. The summed E-state index contributed by atoms with van der Waals surface area (Å²) in [6.45, 7) is 5.50. The van der Waals surface area contributed by atoms with Crippen LogP contribution in [0.25, 0.3) is 0 Å². The molecule has 36 valence electrons. The predicted octanol–water partition coefficient (Wildman–Crippen LogP) is 1.65. The Bertz CT molecular complexity index is 6.85. The molecule has 0 amide bonds. The molecule has 0 aliphatic carbocycles. The molecule has 0 aliphatic rings. The molecule has 0 heterocycles. The van der Waals surface area contributed by atoms with Crippen molar-refractivity contribution in [1.82, 2.24) is 0 Å². The fourth-order valence-corrected chi connectivity index (χ4v) is 0. The number of rotatable bonds is 0. The molecule has 0 spiro atoms. The third-order valence-electron chi connectivity index (χ3n) is 0. The zero-order valence-electron chi connectivity index (χ0n) is 3.11. The SMILES string of the molecule is [CH2-]CC.[F][Pt+]. The van der Waals surface area contributed by atoms with Crippen molar-refractivity contribution in [3.8, 4) is 0 Å². The van der Waals surface area contributed by atoms with E-state index in [-0.39, 0.29) is 0 Å². The molecule has 0 radical (unpaired) electrons. The van der Waals surface area contributed by atoms with Gasteiger partial charge in [-0.25, -0.2) is 0 Å². The van der Waals surface area contributed by atoms with E-state index >= 15 is 0 Å². The first-order chi connectivity index (χ1) is 2.41. The van der Waals surface area contributed by atoms with Crippen LogP contribution < -0.4 is 0 Å². The van der Waals surface area contributed by atoms with E-state index in [4.69, 9.17) is 0 Å². The summed E-state index contributed by atoms with van der Waals surface area (Å²) in [7, 11) is 0.